The molecular formula is C12H15N3OS. The molecule has 17 heavy (non-hydrogen) atoms. The van der Waals surface area contributed by atoms with Gasteiger partial charge in [0.1, 0.15) is 0 Å². The number of thioether (sulfide) groups is 1. The van der Waals surface area contributed by atoms with Crippen molar-refractivity contribution in [3.63, 3.8) is 0 Å². The van der Waals surface area contributed by atoms with Crippen LogP contribution < -0.4 is 5.73 Å². The van der Waals surface area contributed by atoms with Crippen LogP contribution >= 0.6 is 11.8 Å². The first-order chi connectivity index (χ1) is 8.35. The third-order valence-corrected chi connectivity index (χ3v) is 3.19. The lowest BCUT2D eigenvalue weighted by molar-refractivity contribution is 0.498. The second-order valence-corrected chi connectivity index (χ2v) is 4.44. The van der Waals surface area contributed by atoms with Gasteiger partial charge in [-0.15, -0.1) is 22.0 Å². The number of aromatic nitrogens is 2. The van der Waals surface area contributed by atoms with Crippen molar-refractivity contribution < 1.29 is 4.42 Å². The molecule has 0 aliphatic carbocycles. The van der Waals surface area contributed by atoms with E-state index in [9.17, 15) is 0 Å². The Morgan fingerprint density at radius 3 is 2.88 bits per heavy atom. The van der Waals surface area contributed by atoms with Crippen molar-refractivity contribution in [3.8, 4) is 11.5 Å². The number of benzene rings is 1. The van der Waals surface area contributed by atoms with Crippen molar-refractivity contribution in [1.82, 2.24) is 10.2 Å². The maximum Gasteiger partial charge on any atom is 0.248 e. The Labute approximate surface area is 105 Å². The highest BCUT2D eigenvalue weighted by Gasteiger charge is 2.11. The molecule has 0 radical (unpaired) electrons. The van der Waals surface area contributed by atoms with Gasteiger partial charge in [0.05, 0.1) is 5.56 Å². The minimum Gasteiger partial charge on any atom is -0.421 e. The molecule has 2 rings (SSSR count). The SMILES string of the molecule is CSc1ccccc1-c1nnc(CCCN)o1. The van der Waals surface area contributed by atoms with Gasteiger partial charge in [-0.1, -0.05) is 12.1 Å². The minimum absolute atomic E-state index is 0.585. The maximum absolute atomic E-state index is 5.62. The van der Waals surface area contributed by atoms with Gasteiger partial charge >= 0.3 is 0 Å². The number of aryl methyl sites for hydroxylation is 1. The van der Waals surface area contributed by atoms with Crippen LogP contribution in [0, 0.1) is 0 Å². The van der Waals surface area contributed by atoms with Gasteiger partial charge in [0, 0.05) is 11.3 Å². The maximum atomic E-state index is 5.62. The van der Waals surface area contributed by atoms with E-state index in [4.69, 9.17) is 10.2 Å². The third kappa shape index (κ3) is 2.87. The Kier molecular flexibility index (Phi) is 4.17. The average molecular weight is 249 g/mol. The highest BCUT2D eigenvalue weighted by molar-refractivity contribution is 7.98. The van der Waals surface area contributed by atoms with Crippen molar-refractivity contribution in [2.45, 2.75) is 17.7 Å². The van der Waals surface area contributed by atoms with Crippen LogP contribution in [0.5, 0.6) is 0 Å². The standard InChI is InChI=1S/C12H15N3OS/c1-17-10-6-3-2-5-9(10)12-15-14-11(16-12)7-4-8-13/h2-3,5-6H,4,7-8,13H2,1H3. The second-order valence-electron chi connectivity index (χ2n) is 3.59. The summed E-state index contributed by atoms with van der Waals surface area (Å²) in [6.07, 6.45) is 3.64. The molecule has 0 aliphatic rings. The van der Waals surface area contributed by atoms with E-state index in [0.29, 0.717) is 18.3 Å². The van der Waals surface area contributed by atoms with Crippen LogP contribution in [0.4, 0.5) is 0 Å². The fourth-order valence-electron chi connectivity index (χ4n) is 1.54. The zero-order valence-corrected chi connectivity index (χ0v) is 10.5. The van der Waals surface area contributed by atoms with Crippen molar-refractivity contribution in [1.29, 1.82) is 0 Å². The first-order valence-electron chi connectivity index (χ1n) is 5.51. The van der Waals surface area contributed by atoms with Crippen LogP contribution in [0.15, 0.2) is 33.6 Å². The van der Waals surface area contributed by atoms with Crippen LogP contribution in [0.25, 0.3) is 11.5 Å². The van der Waals surface area contributed by atoms with Gasteiger partial charge in [-0.2, -0.15) is 0 Å². The van der Waals surface area contributed by atoms with E-state index in [1.54, 1.807) is 11.8 Å². The summed E-state index contributed by atoms with van der Waals surface area (Å²) in [5.74, 6) is 1.24. The number of hydrogen-bond donors (Lipinski definition) is 1. The quantitative estimate of drug-likeness (QED) is 0.824. The fraction of sp³-hybridized carbons (Fsp3) is 0.333. The highest BCUT2D eigenvalue weighted by atomic mass is 32.2. The molecule has 1 aromatic carbocycles. The smallest absolute Gasteiger partial charge is 0.248 e. The summed E-state index contributed by atoms with van der Waals surface area (Å²) in [7, 11) is 0. The van der Waals surface area contributed by atoms with Crippen molar-refractivity contribution in [2.75, 3.05) is 12.8 Å². The Hall–Kier alpha value is -1.33. The first-order valence-corrected chi connectivity index (χ1v) is 6.73. The van der Waals surface area contributed by atoms with Crippen LogP contribution in [0.3, 0.4) is 0 Å². The van der Waals surface area contributed by atoms with Crippen molar-refractivity contribution in [2.24, 2.45) is 5.73 Å². The number of hydrogen-bond acceptors (Lipinski definition) is 5. The Bertz CT molecular complexity index is 484. The lowest BCUT2D eigenvalue weighted by atomic mass is 10.2. The molecule has 0 saturated heterocycles. The molecular weight excluding hydrogens is 234 g/mol. The molecule has 0 bridgehead atoms. The van der Waals surface area contributed by atoms with E-state index < -0.39 is 0 Å². The van der Waals surface area contributed by atoms with Gasteiger partial charge in [-0.3, -0.25) is 0 Å². The van der Waals surface area contributed by atoms with Gasteiger partial charge in [-0.05, 0) is 31.4 Å². The van der Waals surface area contributed by atoms with Crippen LogP contribution in [0.2, 0.25) is 0 Å². The molecule has 0 aliphatic heterocycles. The molecule has 2 N–H and O–H groups in total. The van der Waals surface area contributed by atoms with E-state index in [0.717, 1.165) is 23.3 Å². The highest BCUT2D eigenvalue weighted by Crippen LogP contribution is 2.28. The molecule has 0 saturated carbocycles. The van der Waals surface area contributed by atoms with E-state index in [1.165, 1.54) is 0 Å². The Morgan fingerprint density at radius 1 is 1.29 bits per heavy atom. The molecule has 0 amide bonds. The Morgan fingerprint density at radius 2 is 2.12 bits per heavy atom. The molecule has 90 valence electrons. The summed E-state index contributed by atoms with van der Waals surface area (Å²) >= 11 is 1.67. The summed E-state index contributed by atoms with van der Waals surface area (Å²) in [4.78, 5) is 1.14. The van der Waals surface area contributed by atoms with Gasteiger partial charge < -0.3 is 10.2 Å². The van der Waals surface area contributed by atoms with Crippen molar-refractivity contribution >= 4 is 11.8 Å². The lowest BCUT2D eigenvalue weighted by Gasteiger charge is -2.01. The largest absolute Gasteiger partial charge is 0.421 e. The number of nitrogens with two attached hydrogens (primary N) is 1. The predicted molar refractivity (Wildman–Crippen MR) is 68.9 cm³/mol. The molecule has 0 spiro atoms. The number of nitrogens with zero attached hydrogens (tertiary/aromatic N) is 2. The molecule has 4 nitrogen and oxygen atoms in total. The summed E-state index contributed by atoms with van der Waals surface area (Å²) < 4.78 is 5.62. The van der Waals surface area contributed by atoms with Crippen LogP contribution in [-0.4, -0.2) is 23.0 Å². The molecule has 1 aromatic heterocycles. The third-order valence-electron chi connectivity index (χ3n) is 2.40. The fourth-order valence-corrected chi connectivity index (χ4v) is 2.13. The Balaban J connectivity index is 2.24. The minimum atomic E-state index is 0.585. The van der Waals surface area contributed by atoms with Gasteiger partial charge in [0.2, 0.25) is 11.8 Å². The summed E-state index contributed by atoms with van der Waals surface area (Å²) in [5, 5.41) is 8.10. The molecule has 5 heteroatoms. The first kappa shape index (κ1) is 12.1. The topological polar surface area (TPSA) is 64.9 Å². The predicted octanol–water partition coefficient (Wildman–Crippen LogP) is 2.35. The summed E-state index contributed by atoms with van der Waals surface area (Å²) in [6, 6.07) is 8.01. The molecule has 0 fully saturated rings. The summed E-state index contributed by atoms with van der Waals surface area (Å²) in [6.45, 7) is 0.638. The van der Waals surface area contributed by atoms with E-state index in [2.05, 4.69) is 10.2 Å². The molecule has 2 aromatic rings. The monoisotopic (exact) mass is 249 g/mol. The number of rotatable bonds is 5. The zero-order chi connectivity index (χ0) is 12.1. The molecule has 1 heterocycles. The van der Waals surface area contributed by atoms with Gasteiger partial charge in [-0.25, -0.2) is 0 Å². The normalized spacial score (nSPS) is 10.7. The molecule has 0 unspecified atom stereocenters. The van der Waals surface area contributed by atoms with Crippen LogP contribution in [-0.2, 0) is 6.42 Å². The molecule has 0 atom stereocenters. The lowest BCUT2D eigenvalue weighted by Crippen LogP contribution is -2.00. The van der Waals surface area contributed by atoms with E-state index >= 15 is 0 Å². The average Bonchev–Trinajstić information content (AvgIpc) is 2.85. The van der Waals surface area contributed by atoms with Gasteiger partial charge in [0.25, 0.3) is 0 Å². The van der Waals surface area contributed by atoms with Crippen LogP contribution in [0.1, 0.15) is 12.3 Å². The van der Waals surface area contributed by atoms with Crippen molar-refractivity contribution in [3.05, 3.63) is 30.2 Å². The van der Waals surface area contributed by atoms with E-state index in [-0.39, 0.29) is 0 Å². The summed E-state index contributed by atoms with van der Waals surface area (Å²) in [5.41, 5.74) is 6.44. The van der Waals surface area contributed by atoms with E-state index in [1.807, 2.05) is 30.5 Å². The second kappa shape index (κ2) is 5.84. The van der Waals surface area contributed by atoms with Gasteiger partial charge in [0.15, 0.2) is 0 Å². The zero-order valence-electron chi connectivity index (χ0n) is 9.72.